The second kappa shape index (κ2) is 6.69. The highest BCUT2D eigenvalue weighted by atomic mass is 16.5. The average Bonchev–Trinajstić information content (AvgIpc) is 2.60. The molecule has 1 aromatic rings. The highest BCUT2D eigenvalue weighted by Crippen LogP contribution is 2.27. The predicted molar refractivity (Wildman–Crippen MR) is 86.5 cm³/mol. The molecule has 3 amide bonds. The quantitative estimate of drug-likeness (QED) is 0.798. The fourth-order valence-electron chi connectivity index (χ4n) is 2.78. The van der Waals surface area contributed by atoms with Gasteiger partial charge in [-0.15, -0.1) is 0 Å². The molecule has 0 saturated carbocycles. The van der Waals surface area contributed by atoms with Crippen LogP contribution in [-0.4, -0.2) is 47.3 Å². The molecular weight excluding hydrogens is 312 g/mol. The SMILES string of the molecule is C=CC(=O)N1CCCC(C(=O)Nc2ccc3c(n2)NC(=O)CO3)C1. The molecule has 1 saturated heterocycles. The van der Waals surface area contributed by atoms with E-state index >= 15 is 0 Å². The minimum atomic E-state index is -0.300. The molecule has 0 bridgehead atoms. The van der Waals surface area contributed by atoms with E-state index in [2.05, 4.69) is 22.2 Å². The summed E-state index contributed by atoms with van der Waals surface area (Å²) < 4.78 is 5.22. The van der Waals surface area contributed by atoms with E-state index in [-0.39, 0.29) is 36.1 Å². The van der Waals surface area contributed by atoms with Crippen molar-refractivity contribution in [1.82, 2.24) is 9.88 Å². The molecule has 3 rings (SSSR count). The fourth-order valence-corrected chi connectivity index (χ4v) is 2.78. The molecule has 2 aliphatic heterocycles. The molecule has 0 spiro atoms. The predicted octanol–water partition coefficient (Wildman–Crippen LogP) is 0.776. The van der Waals surface area contributed by atoms with Crippen LogP contribution in [-0.2, 0) is 14.4 Å². The van der Waals surface area contributed by atoms with Crippen LogP contribution in [0.1, 0.15) is 12.8 Å². The van der Waals surface area contributed by atoms with Crippen molar-refractivity contribution >= 4 is 29.4 Å². The zero-order valence-electron chi connectivity index (χ0n) is 13.1. The van der Waals surface area contributed by atoms with Crippen molar-refractivity contribution < 1.29 is 19.1 Å². The van der Waals surface area contributed by atoms with E-state index in [4.69, 9.17) is 4.74 Å². The molecule has 8 heteroatoms. The summed E-state index contributed by atoms with van der Waals surface area (Å²) in [4.78, 5) is 41.2. The summed E-state index contributed by atoms with van der Waals surface area (Å²) in [5.41, 5.74) is 0. The first-order chi connectivity index (χ1) is 11.6. The summed E-state index contributed by atoms with van der Waals surface area (Å²) in [6, 6.07) is 3.26. The zero-order valence-corrected chi connectivity index (χ0v) is 13.1. The number of carbonyl (C=O) groups is 3. The van der Waals surface area contributed by atoms with E-state index in [1.807, 2.05) is 0 Å². The van der Waals surface area contributed by atoms with Gasteiger partial charge in [0.2, 0.25) is 11.8 Å². The van der Waals surface area contributed by atoms with Gasteiger partial charge in [-0.3, -0.25) is 14.4 Å². The van der Waals surface area contributed by atoms with Crippen molar-refractivity contribution in [2.45, 2.75) is 12.8 Å². The second-order valence-electron chi connectivity index (χ2n) is 5.70. The molecule has 2 aliphatic rings. The molecular formula is C16H18N4O4. The molecule has 126 valence electrons. The van der Waals surface area contributed by atoms with Crippen LogP contribution in [0.15, 0.2) is 24.8 Å². The Bertz CT molecular complexity index is 703. The van der Waals surface area contributed by atoms with Crippen molar-refractivity contribution in [3.63, 3.8) is 0 Å². The third-order valence-corrected chi connectivity index (χ3v) is 4.00. The molecule has 1 unspecified atom stereocenters. The van der Waals surface area contributed by atoms with Gasteiger partial charge < -0.3 is 20.3 Å². The van der Waals surface area contributed by atoms with Crippen LogP contribution in [0.25, 0.3) is 0 Å². The van der Waals surface area contributed by atoms with Gasteiger partial charge in [0, 0.05) is 13.1 Å². The Morgan fingerprint density at radius 3 is 3.08 bits per heavy atom. The van der Waals surface area contributed by atoms with Gasteiger partial charge in [-0.25, -0.2) is 4.98 Å². The van der Waals surface area contributed by atoms with Crippen molar-refractivity contribution in [2.24, 2.45) is 5.92 Å². The first-order valence-corrected chi connectivity index (χ1v) is 7.72. The molecule has 1 atom stereocenters. The Kier molecular flexibility index (Phi) is 4.45. The monoisotopic (exact) mass is 330 g/mol. The lowest BCUT2D eigenvalue weighted by atomic mass is 9.97. The minimum absolute atomic E-state index is 0.0460. The lowest BCUT2D eigenvalue weighted by molar-refractivity contribution is -0.130. The van der Waals surface area contributed by atoms with E-state index in [9.17, 15) is 14.4 Å². The fraction of sp³-hybridized carbons (Fsp3) is 0.375. The topological polar surface area (TPSA) is 101 Å². The van der Waals surface area contributed by atoms with Crippen molar-refractivity contribution in [1.29, 1.82) is 0 Å². The number of hydrogen-bond acceptors (Lipinski definition) is 5. The van der Waals surface area contributed by atoms with Crippen LogP contribution in [0.5, 0.6) is 5.75 Å². The number of aromatic nitrogens is 1. The number of nitrogens with one attached hydrogen (secondary N) is 2. The minimum Gasteiger partial charge on any atom is -0.480 e. The summed E-state index contributed by atoms with van der Waals surface area (Å²) in [6.07, 6.45) is 2.73. The Labute approximate surface area is 138 Å². The average molecular weight is 330 g/mol. The van der Waals surface area contributed by atoms with E-state index in [0.29, 0.717) is 31.1 Å². The number of likely N-dealkylation sites (tertiary alicyclic amines) is 1. The number of rotatable bonds is 3. The molecule has 24 heavy (non-hydrogen) atoms. The first-order valence-electron chi connectivity index (χ1n) is 7.72. The van der Waals surface area contributed by atoms with E-state index in [1.165, 1.54) is 6.08 Å². The highest BCUT2D eigenvalue weighted by Gasteiger charge is 2.28. The Balaban J connectivity index is 1.66. The summed E-state index contributed by atoms with van der Waals surface area (Å²) in [6.45, 7) is 4.42. The maximum atomic E-state index is 12.4. The maximum Gasteiger partial charge on any atom is 0.263 e. The largest absolute Gasteiger partial charge is 0.480 e. The van der Waals surface area contributed by atoms with Gasteiger partial charge >= 0.3 is 0 Å². The summed E-state index contributed by atoms with van der Waals surface area (Å²) >= 11 is 0. The number of carbonyl (C=O) groups excluding carboxylic acids is 3. The van der Waals surface area contributed by atoms with E-state index in [1.54, 1.807) is 17.0 Å². The number of nitrogens with zero attached hydrogens (tertiary/aromatic N) is 2. The summed E-state index contributed by atoms with van der Waals surface area (Å²) in [7, 11) is 0. The first kappa shape index (κ1) is 16.0. The maximum absolute atomic E-state index is 12.4. The second-order valence-corrected chi connectivity index (χ2v) is 5.70. The third kappa shape index (κ3) is 3.37. The van der Waals surface area contributed by atoms with Crippen LogP contribution in [0.4, 0.5) is 11.6 Å². The van der Waals surface area contributed by atoms with Crippen LogP contribution >= 0.6 is 0 Å². The molecule has 3 heterocycles. The van der Waals surface area contributed by atoms with Gasteiger partial charge in [-0.2, -0.15) is 0 Å². The van der Waals surface area contributed by atoms with Gasteiger partial charge in [0.05, 0.1) is 5.92 Å². The Morgan fingerprint density at radius 1 is 1.46 bits per heavy atom. The highest BCUT2D eigenvalue weighted by molar-refractivity contribution is 5.96. The van der Waals surface area contributed by atoms with E-state index < -0.39 is 0 Å². The Morgan fingerprint density at radius 2 is 2.29 bits per heavy atom. The molecule has 0 radical (unpaired) electrons. The van der Waals surface area contributed by atoms with Crippen LogP contribution < -0.4 is 15.4 Å². The third-order valence-electron chi connectivity index (χ3n) is 4.00. The van der Waals surface area contributed by atoms with E-state index in [0.717, 1.165) is 6.42 Å². The number of anilines is 2. The number of piperidine rings is 1. The van der Waals surface area contributed by atoms with Gasteiger partial charge in [-0.05, 0) is 31.1 Å². The van der Waals surface area contributed by atoms with Gasteiger partial charge in [0.25, 0.3) is 5.91 Å². The zero-order chi connectivity index (χ0) is 17.1. The molecule has 1 aromatic heterocycles. The lowest BCUT2D eigenvalue weighted by Crippen LogP contribution is -2.43. The molecule has 0 aliphatic carbocycles. The van der Waals surface area contributed by atoms with Gasteiger partial charge in [-0.1, -0.05) is 6.58 Å². The van der Waals surface area contributed by atoms with Gasteiger partial charge in [0.1, 0.15) is 5.82 Å². The standard InChI is InChI=1S/C16H18N4O4/c1-2-14(22)20-7-3-4-10(8-20)16(23)18-12-6-5-11-15(17-12)19-13(21)9-24-11/h2,5-6,10H,1,3-4,7-9H2,(H2,17,18,19,21,23). The Hall–Kier alpha value is -2.90. The number of amides is 3. The molecule has 0 aromatic carbocycles. The van der Waals surface area contributed by atoms with Crippen LogP contribution in [0.2, 0.25) is 0 Å². The van der Waals surface area contributed by atoms with Crippen molar-refractivity contribution in [2.75, 3.05) is 30.3 Å². The summed E-state index contributed by atoms with van der Waals surface area (Å²) in [5.74, 6) is 0.128. The van der Waals surface area contributed by atoms with Crippen molar-refractivity contribution in [3.05, 3.63) is 24.8 Å². The number of fused-ring (bicyclic) bond motifs is 1. The molecule has 8 nitrogen and oxygen atoms in total. The lowest BCUT2D eigenvalue weighted by Gasteiger charge is -2.31. The van der Waals surface area contributed by atoms with Crippen molar-refractivity contribution in [3.8, 4) is 5.75 Å². The van der Waals surface area contributed by atoms with Crippen LogP contribution in [0, 0.1) is 5.92 Å². The number of pyridine rings is 1. The smallest absolute Gasteiger partial charge is 0.263 e. The normalized spacial score (nSPS) is 19.6. The molecule has 1 fully saturated rings. The molecule has 2 N–H and O–H groups in total. The van der Waals surface area contributed by atoms with Crippen LogP contribution in [0.3, 0.4) is 0 Å². The number of ether oxygens (including phenoxy) is 1. The summed E-state index contributed by atoms with van der Waals surface area (Å²) in [5, 5.41) is 5.33. The number of hydrogen-bond donors (Lipinski definition) is 2. The van der Waals surface area contributed by atoms with Gasteiger partial charge in [0.15, 0.2) is 18.2 Å².